The third-order valence-corrected chi connectivity index (χ3v) is 4.34. The van der Waals surface area contributed by atoms with Crippen molar-refractivity contribution < 1.29 is 28.3 Å². The molecule has 2 aromatic carbocycles. The fourth-order valence-corrected chi connectivity index (χ4v) is 2.82. The Morgan fingerprint density at radius 3 is 2.13 bits per heavy atom. The predicted octanol–water partition coefficient (Wildman–Crippen LogP) is 4.78. The number of ether oxygens (including phenoxy) is 3. The van der Waals surface area contributed by atoms with Gasteiger partial charge in [-0.25, -0.2) is 0 Å². The van der Waals surface area contributed by atoms with Crippen molar-refractivity contribution >= 4 is 17.5 Å². The average Bonchev–Trinajstić information content (AvgIpc) is 3.25. The van der Waals surface area contributed by atoms with Crippen LogP contribution in [0.25, 0.3) is 17.4 Å². The summed E-state index contributed by atoms with van der Waals surface area (Å²) in [5.41, 5.74) is 1.06. The van der Waals surface area contributed by atoms with Gasteiger partial charge in [-0.2, -0.15) is 0 Å². The van der Waals surface area contributed by atoms with Crippen molar-refractivity contribution in [1.29, 1.82) is 0 Å². The molecular weight excluding hydrogens is 390 g/mol. The molecule has 0 aliphatic heterocycles. The monoisotopic (exact) mass is 409 g/mol. The average molecular weight is 409 g/mol. The van der Waals surface area contributed by atoms with Crippen LogP contribution in [-0.2, 0) is 0 Å². The lowest BCUT2D eigenvalue weighted by molar-refractivity contribution is -0.384. The maximum absolute atomic E-state index is 12.6. The molecule has 0 amide bonds. The zero-order valence-corrected chi connectivity index (χ0v) is 16.6. The Morgan fingerprint density at radius 2 is 1.60 bits per heavy atom. The Morgan fingerprint density at radius 1 is 0.967 bits per heavy atom. The van der Waals surface area contributed by atoms with Gasteiger partial charge < -0.3 is 18.6 Å². The first-order valence-corrected chi connectivity index (χ1v) is 8.84. The highest BCUT2D eigenvalue weighted by molar-refractivity contribution is 6.07. The second-order valence-electron chi connectivity index (χ2n) is 6.12. The van der Waals surface area contributed by atoms with Gasteiger partial charge in [0.05, 0.1) is 26.3 Å². The van der Waals surface area contributed by atoms with E-state index in [2.05, 4.69) is 0 Å². The summed E-state index contributed by atoms with van der Waals surface area (Å²) >= 11 is 0. The first kappa shape index (κ1) is 20.7. The third kappa shape index (κ3) is 4.33. The van der Waals surface area contributed by atoms with Gasteiger partial charge in [-0.3, -0.25) is 14.9 Å². The number of non-ortho nitro benzene ring substituents is 1. The van der Waals surface area contributed by atoms with Crippen LogP contribution in [0.3, 0.4) is 0 Å². The van der Waals surface area contributed by atoms with E-state index in [1.54, 1.807) is 42.5 Å². The largest absolute Gasteiger partial charge is 0.493 e. The normalized spacial score (nSPS) is 10.8. The van der Waals surface area contributed by atoms with Crippen LogP contribution >= 0.6 is 0 Å². The van der Waals surface area contributed by atoms with Crippen molar-refractivity contribution in [3.8, 4) is 28.6 Å². The first-order valence-electron chi connectivity index (χ1n) is 8.84. The van der Waals surface area contributed by atoms with Crippen LogP contribution < -0.4 is 14.2 Å². The molecule has 0 N–H and O–H groups in total. The highest BCUT2D eigenvalue weighted by Gasteiger charge is 2.16. The molecule has 0 radical (unpaired) electrons. The fraction of sp³-hybridized carbons (Fsp3) is 0.136. The Hall–Kier alpha value is -4.07. The zero-order chi connectivity index (χ0) is 21.7. The molecule has 1 aromatic heterocycles. The Bertz CT molecular complexity index is 1070. The number of carbonyl (C=O) groups excluding carboxylic acids is 1. The molecule has 1 heterocycles. The minimum atomic E-state index is -0.463. The molecule has 3 rings (SSSR count). The van der Waals surface area contributed by atoms with Crippen molar-refractivity contribution in [2.24, 2.45) is 0 Å². The number of carbonyl (C=O) groups is 1. The molecule has 0 saturated heterocycles. The van der Waals surface area contributed by atoms with Crippen LogP contribution in [0.15, 0.2) is 59.0 Å². The van der Waals surface area contributed by atoms with E-state index in [9.17, 15) is 14.9 Å². The van der Waals surface area contributed by atoms with Gasteiger partial charge in [0.25, 0.3) is 5.69 Å². The number of allylic oxidation sites excluding steroid dienone is 1. The van der Waals surface area contributed by atoms with E-state index in [1.807, 2.05) is 0 Å². The van der Waals surface area contributed by atoms with Crippen molar-refractivity contribution in [2.75, 3.05) is 21.3 Å². The number of hydrogen-bond acceptors (Lipinski definition) is 7. The molecule has 0 aliphatic carbocycles. The number of benzene rings is 2. The lowest BCUT2D eigenvalue weighted by atomic mass is 10.1. The van der Waals surface area contributed by atoms with E-state index < -0.39 is 4.92 Å². The van der Waals surface area contributed by atoms with Gasteiger partial charge in [0.2, 0.25) is 5.75 Å². The maximum Gasteiger partial charge on any atom is 0.269 e. The Labute approximate surface area is 172 Å². The molecule has 8 nitrogen and oxygen atoms in total. The lowest BCUT2D eigenvalue weighted by Crippen LogP contribution is -2.00. The molecule has 0 aliphatic rings. The van der Waals surface area contributed by atoms with Crippen LogP contribution in [0, 0.1) is 10.1 Å². The number of furan rings is 1. The highest BCUT2D eigenvalue weighted by Crippen LogP contribution is 2.38. The maximum atomic E-state index is 12.6. The van der Waals surface area contributed by atoms with Gasteiger partial charge in [0, 0.05) is 23.3 Å². The number of methoxy groups -OCH3 is 3. The predicted molar refractivity (Wildman–Crippen MR) is 110 cm³/mol. The number of nitro groups is 1. The van der Waals surface area contributed by atoms with Gasteiger partial charge in [0.1, 0.15) is 11.5 Å². The van der Waals surface area contributed by atoms with E-state index in [4.69, 9.17) is 18.6 Å². The van der Waals surface area contributed by atoms with Crippen LogP contribution in [0.1, 0.15) is 16.1 Å². The standard InChI is InChI=1S/C22H19NO7/c1-27-20-12-15(13-21(28-2)22(20)29-3)18(24)10-8-17-9-11-19(30-17)14-4-6-16(7-5-14)23(25)26/h4-13H,1-3H3/b10-8+. The second-order valence-corrected chi connectivity index (χ2v) is 6.12. The van der Waals surface area contributed by atoms with Crippen molar-refractivity contribution in [3.63, 3.8) is 0 Å². The summed E-state index contributed by atoms with van der Waals surface area (Å²) in [5.74, 6) is 1.88. The van der Waals surface area contributed by atoms with Gasteiger partial charge in [-0.15, -0.1) is 0 Å². The van der Waals surface area contributed by atoms with Gasteiger partial charge in [-0.05, 0) is 48.6 Å². The molecular formula is C22H19NO7. The van der Waals surface area contributed by atoms with Crippen molar-refractivity contribution in [2.45, 2.75) is 0 Å². The van der Waals surface area contributed by atoms with E-state index >= 15 is 0 Å². The van der Waals surface area contributed by atoms with Crippen molar-refractivity contribution in [1.82, 2.24) is 0 Å². The molecule has 0 fully saturated rings. The summed E-state index contributed by atoms with van der Waals surface area (Å²) in [5, 5.41) is 10.8. The molecule has 154 valence electrons. The molecule has 0 atom stereocenters. The number of nitro benzene ring substituents is 1. The second kappa shape index (κ2) is 8.95. The minimum absolute atomic E-state index is 0.00127. The van der Waals surface area contributed by atoms with Gasteiger partial charge in [-0.1, -0.05) is 0 Å². The lowest BCUT2D eigenvalue weighted by Gasteiger charge is -2.13. The SMILES string of the molecule is COc1cc(C(=O)/C=C/c2ccc(-c3ccc([N+](=O)[O-])cc3)o2)cc(OC)c1OC. The number of hydrogen-bond donors (Lipinski definition) is 0. The van der Waals surface area contributed by atoms with E-state index in [0.717, 1.165) is 0 Å². The summed E-state index contributed by atoms with van der Waals surface area (Å²) in [6.45, 7) is 0. The molecule has 3 aromatic rings. The summed E-state index contributed by atoms with van der Waals surface area (Å²) in [4.78, 5) is 22.9. The topological polar surface area (TPSA) is 101 Å². The van der Waals surface area contributed by atoms with Crippen LogP contribution in [-0.4, -0.2) is 32.0 Å². The molecule has 0 bridgehead atoms. The zero-order valence-electron chi connectivity index (χ0n) is 16.6. The van der Waals surface area contributed by atoms with E-state index in [1.165, 1.54) is 39.5 Å². The van der Waals surface area contributed by atoms with Crippen molar-refractivity contribution in [3.05, 3.63) is 76.0 Å². The summed E-state index contributed by atoms with van der Waals surface area (Å²) in [7, 11) is 4.44. The Kier molecular flexibility index (Phi) is 6.17. The quantitative estimate of drug-likeness (QED) is 0.228. The third-order valence-electron chi connectivity index (χ3n) is 4.34. The van der Waals surface area contributed by atoms with Gasteiger partial charge >= 0.3 is 0 Å². The van der Waals surface area contributed by atoms with Crippen LogP contribution in [0.2, 0.25) is 0 Å². The molecule has 0 spiro atoms. The Balaban J connectivity index is 1.80. The fourth-order valence-electron chi connectivity index (χ4n) is 2.82. The first-order chi connectivity index (χ1) is 14.5. The summed E-state index contributed by atoms with van der Waals surface area (Å²) < 4.78 is 21.5. The van der Waals surface area contributed by atoms with Gasteiger partial charge in [0.15, 0.2) is 17.3 Å². The molecule has 0 unspecified atom stereocenters. The number of nitrogens with zero attached hydrogens (tertiary/aromatic N) is 1. The molecule has 30 heavy (non-hydrogen) atoms. The van der Waals surface area contributed by atoms with Crippen LogP contribution in [0.4, 0.5) is 5.69 Å². The molecule has 0 saturated carbocycles. The van der Waals surface area contributed by atoms with Crippen LogP contribution in [0.5, 0.6) is 17.2 Å². The van der Waals surface area contributed by atoms with E-state index in [-0.39, 0.29) is 11.5 Å². The number of rotatable bonds is 8. The van der Waals surface area contributed by atoms with E-state index in [0.29, 0.717) is 39.9 Å². The summed E-state index contributed by atoms with van der Waals surface area (Å²) in [6.07, 6.45) is 2.92. The number of ketones is 1. The summed E-state index contributed by atoms with van der Waals surface area (Å²) in [6, 6.07) is 12.6. The highest BCUT2D eigenvalue weighted by atomic mass is 16.6. The molecule has 8 heteroatoms. The minimum Gasteiger partial charge on any atom is -0.493 e. The smallest absolute Gasteiger partial charge is 0.269 e.